The number of nitrogens with one attached hydrogen (secondary N) is 1. The molecule has 0 fully saturated rings. The van der Waals surface area contributed by atoms with Crippen LogP contribution in [-0.4, -0.2) is 57.4 Å². The monoisotopic (exact) mass is 656 g/mol. The number of phenolic OH excluding ortho intramolecular Hbond substituents is 2. The number of para-hydroxylation sites is 2. The van der Waals surface area contributed by atoms with Gasteiger partial charge in [0.05, 0.1) is 28.5 Å². The van der Waals surface area contributed by atoms with E-state index >= 15 is 0 Å². The van der Waals surface area contributed by atoms with E-state index in [1.54, 1.807) is 12.1 Å². The molecule has 0 saturated heterocycles. The number of benzene rings is 3. The number of carbonyl (C=O) groups excluding carboxylic acids is 1. The normalized spacial score (nSPS) is 17.7. The van der Waals surface area contributed by atoms with Crippen LogP contribution in [0, 0.1) is 5.41 Å². The Bertz CT molecular complexity index is 1470. The second-order valence-electron chi connectivity index (χ2n) is 10.9. The molecule has 0 saturated carbocycles. The Kier molecular flexibility index (Phi) is 14.9. The SMILES string of the molecule is CC.CCC.CCC1(C)CCN(c2ccccc2)c2cc(OC)c(OCC(=O)NC(C(=O)O)c3cccc(O)c3O)cc2S(=O)C1. The van der Waals surface area contributed by atoms with Crippen LogP contribution >= 0.6 is 0 Å². The summed E-state index contributed by atoms with van der Waals surface area (Å²) in [5.41, 5.74) is 1.32. The number of rotatable bonds is 9. The molecular weight excluding hydrogens is 608 g/mol. The average molecular weight is 657 g/mol. The molecule has 1 aliphatic heterocycles. The van der Waals surface area contributed by atoms with E-state index in [2.05, 4.69) is 37.9 Å². The summed E-state index contributed by atoms with van der Waals surface area (Å²) < 4.78 is 25.1. The van der Waals surface area contributed by atoms with Crippen molar-refractivity contribution < 1.29 is 38.6 Å². The highest BCUT2D eigenvalue weighted by Crippen LogP contribution is 2.44. The van der Waals surface area contributed by atoms with Crippen LogP contribution in [0.15, 0.2) is 65.6 Å². The van der Waals surface area contributed by atoms with Crippen molar-refractivity contribution in [3.05, 3.63) is 66.2 Å². The first kappa shape index (κ1) is 37.9. The van der Waals surface area contributed by atoms with Crippen LogP contribution in [0.3, 0.4) is 0 Å². The zero-order valence-electron chi connectivity index (χ0n) is 27.8. The van der Waals surface area contributed by atoms with E-state index in [0.29, 0.717) is 28.6 Å². The molecular formula is C35H48N2O8S. The Labute approximate surface area is 274 Å². The van der Waals surface area contributed by atoms with Crippen molar-refractivity contribution in [1.82, 2.24) is 5.32 Å². The third kappa shape index (κ3) is 9.62. The first-order valence-electron chi connectivity index (χ1n) is 15.6. The lowest BCUT2D eigenvalue weighted by atomic mass is 9.86. The molecule has 10 nitrogen and oxygen atoms in total. The molecule has 0 aliphatic carbocycles. The number of amides is 1. The van der Waals surface area contributed by atoms with E-state index in [0.717, 1.165) is 18.5 Å². The smallest absolute Gasteiger partial charge is 0.331 e. The molecule has 0 spiro atoms. The molecule has 3 atom stereocenters. The summed E-state index contributed by atoms with van der Waals surface area (Å²) in [4.78, 5) is 27.3. The molecule has 1 heterocycles. The Morgan fingerprint density at radius 3 is 2.26 bits per heavy atom. The van der Waals surface area contributed by atoms with Crippen LogP contribution in [0.25, 0.3) is 0 Å². The lowest BCUT2D eigenvalue weighted by molar-refractivity contribution is -0.142. The molecule has 3 aromatic rings. The highest BCUT2D eigenvalue weighted by Gasteiger charge is 2.33. The summed E-state index contributed by atoms with van der Waals surface area (Å²) in [6.07, 6.45) is 2.94. The number of hydrogen-bond donors (Lipinski definition) is 4. The molecule has 0 aromatic heterocycles. The van der Waals surface area contributed by atoms with Crippen LogP contribution in [-0.2, 0) is 20.4 Å². The number of carboxylic acid groups (broad SMARTS) is 1. The molecule has 3 unspecified atom stereocenters. The fourth-order valence-electron chi connectivity index (χ4n) is 4.72. The second-order valence-corrected chi connectivity index (χ2v) is 12.3. The Hall–Kier alpha value is -4.25. The highest BCUT2D eigenvalue weighted by atomic mass is 32.2. The number of fused-ring (bicyclic) bond motifs is 1. The van der Waals surface area contributed by atoms with Gasteiger partial charge < -0.3 is 35.0 Å². The standard InChI is InChI=1S/C30H34N2O8S.C3H8.C2H6/c1-4-30(2)13-14-32(19-9-6-5-7-10-19)21-15-23(39-3)24(16-25(21)41(38)18-30)40-17-26(34)31-27(29(36)37)20-11-8-12-22(33)28(20)35;1-3-2;1-2/h5-12,15-16,27,33,35H,4,13-14,17-18H2,1-3H3,(H,31,34)(H,36,37);3H2,1-2H3;1-2H3. The summed E-state index contributed by atoms with van der Waals surface area (Å²) in [6.45, 7) is 12.6. The number of aliphatic carboxylic acids is 1. The van der Waals surface area contributed by atoms with Crippen molar-refractivity contribution >= 4 is 34.1 Å². The summed E-state index contributed by atoms with van der Waals surface area (Å²) in [7, 11) is 0.0647. The number of carbonyl (C=O) groups is 2. The predicted molar refractivity (Wildman–Crippen MR) is 182 cm³/mol. The van der Waals surface area contributed by atoms with Gasteiger partial charge in [0.1, 0.15) is 0 Å². The summed E-state index contributed by atoms with van der Waals surface area (Å²) in [5.74, 6) is -2.44. The number of anilines is 2. The Balaban J connectivity index is 0.00000139. The molecule has 46 heavy (non-hydrogen) atoms. The van der Waals surface area contributed by atoms with Crippen LogP contribution in [0.1, 0.15) is 72.4 Å². The van der Waals surface area contributed by atoms with E-state index in [9.17, 15) is 29.1 Å². The summed E-state index contributed by atoms with van der Waals surface area (Å²) in [5, 5.41) is 31.8. The highest BCUT2D eigenvalue weighted by molar-refractivity contribution is 7.85. The molecule has 3 aromatic carbocycles. The van der Waals surface area contributed by atoms with Gasteiger partial charge in [-0.25, -0.2) is 4.79 Å². The van der Waals surface area contributed by atoms with Crippen LogP contribution in [0.2, 0.25) is 0 Å². The third-order valence-corrected chi connectivity index (χ3v) is 9.17. The van der Waals surface area contributed by atoms with Crippen molar-refractivity contribution in [1.29, 1.82) is 0 Å². The van der Waals surface area contributed by atoms with Gasteiger partial charge in [-0.3, -0.25) is 9.00 Å². The molecule has 11 heteroatoms. The molecule has 1 aliphatic rings. The number of phenols is 2. The molecule has 0 radical (unpaired) electrons. The van der Waals surface area contributed by atoms with E-state index in [1.165, 1.54) is 31.7 Å². The van der Waals surface area contributed by atoms with E-state index in [-0.39, 0.29) is 16.7 Å². The minimum atomic E-state index is -1.63. The number of hydrogen-bond acceptors (Lipinski definition) is 8. The van der Waals surface area contributed by atoms with Gasteiger partial charge in [0.25, 0.3) is 5.91 Å². The largest absolute Gasteiger partial charge is 0.504 e. The van der Waals surface area contributed by atoms with Gasteiger partial charge in [-0.2, -0.15) is 0 Å². The number of nitrogens with zero attached hydrogens (tertiary/aromatic N) is 1. The van der Waals surface area contributed by atoms with Crippen molar-refractivity contribution in [2.24, 2.45) is 5.41 Å². The number of methoxy groups -OCH3 is 1. The van der Waals surface area contributed by atoms with E-state index in [4.69, 9.17) is 9.47 Å². The zero-order chi connectivity index (χ0) is 34.4. The minimum Gasteiger partial charge on any atom is -0.504 e. The van der Waals surface area contributed by atoms with Gasteiger partial charge >= 0.3 is 5.97 Å². The maximum absolute atomic E-state index is 13.7. The average Bonchev–Trinajstić information content (AvgIpc) is 3.05. The van der Waals surface area contributed by atoms with E-state index in [1.807, 2.05) is 44.2 Å². The van der Waals surface area contributed by atoms with Crippen LogP contribution in [0.5, 0.6) is 23.0 Å². The Morgan fingerprint density at radius 2 is 1.67 bits per heavy atom. The minimum absolute atomic E-state index is 0.153. The lowest BCUT2D eigenvalue weighted by Crippen LogP contribution is -2.36. The molecule has 1 amide bonds. The quantitative estimate of drug-likeness (QED) is 0.180. The predicted octanol–water partition coefficient (Wildman–Crippen LogP) is 6.94. The number of ether oxygens (including phenoxy) is 2. The second kappa shape index (κ2) is 18.0. The van der Waals surface area contributed by atoms with Gasteiger partial charge in [0.15, 0.2) is 35.6 Å². The van der Waals surface area contributed by atoms with Gasteiger partial charge in [0.2, 0.25) is 0 Å². The van der Waals surface area contributed by atoms with Crippen LogP contribution in [0.4, 0.5) is 11.4 Å². The lowest BCUT2D eigenvalue weighted by Gasteiger charge is -2.36. The third-order valence-electron chi connectivity index (χ3n) is 7.39. The summed E-state index contributed by atoms with van der Waals surface area (Å²) >= 11 is 0. The van der Waals surface area contributed by atoms with Gasteiger partial charge in [0, 0.05) is 35.7 Å². The first-order chi connectivity index (χ1) is 22.0. The van der Waals surface area contributed by atoms with Gasteiger partial charge in [-0.1, -0.05) is 78.3 Å². The summed E-state index contributed by atoms with van der Waals surface area (Å²) in [6, 6.07) is 15.4. The van der Waals surface area contributed by atoms with Crippen molar-refractivity contribution in [2.75, 3.05) is 30.9 Å². The topological polar surface area (TPSA) is 146 Å². The number of carboxylic acids is 1. The van der Waals surface area contributed by atoms with Crippen molar-refractivity contribution in [3.8, 4) is 23.0 Å². The van der Waals surface area contributed by atoms with Gasteiger partial charge in [-0.05, 0) is 36.5 Å². The first-order valence-corrected chi connectivity index (χ1v) is 16.9. The maximum atomic E-state index is 13.7. The van der Waals surface area contributed by atoms with Crippen LogP contribution < -0.4 is 19.7 Å². The zero-order valence-corrected chi connectivity index (χ0v) is 28.6. The van der Waals surface area contributed by atoms with Crippen molar-refractivity contribution in [3.63, 3.8) is 0 Å². The molecule has 252 valence electrons. The molecule has 4 N–H and O–H groups in total. The van der Waals surface area contributed by atoms with E-state index < -0.39 is 46.8 Å². The molecule has 4 rings (SSSR count). The molecule has 0 bridgehead atoms. The fourth-order valence-corrected chi connectivity index (χ4v) is 6.50. The number of aromatic hydroxyl groups is 2. The fraction of sp³-hybridized carbons (Fsp3) is 0.429. The van der Waals surface area contributed by atoms with Gasteiger partial charge in [-0.15, -0.1) is 0 Å². The van der Waals surface area contributed by atoms with Crippen molar-refractivity contribution in [2.45, 2.75) is 71.7 Å². The maximum Gasteiger partial charge on any atom is 0.331 e. The Morgan fingerprint density at radius 1 is 1.02 bits per heavy atom.